The van der Waals surface area contributed by atoms with E-state index in [9.17, 15) is 4.79 Å². The molecule has 1 heterocycles. The van der Waals surface area contributed by atoms with Crippen molar-refractivity contribution in [2.24, 2.45) is 5.92 Å². The van der Waals surface area contributed by atoms with E-state index in [1.807, 2.05) is 0 Å². The van der Waals surface area contributed by atoms with Crippen molar-refractivity contribution in [3.63, 3.8) is 0 Å². The van der Waals surface area contributed by atoms with Crippen LogP contribution in [0.2, 0.25) is 0 Å². The van der Waals surface area contributed by atoms with Crippen molar-refractivity contribution in [2.75, 3.05) is 19.7 Å². The fraction of sp³-hybridized carbons (Fsp3) is 0.923. The van der Waals surface area contributed by atoms with Crippen LogP contribution in [0.15, 0.2) is 0 Å². The first-order valence-electron chi connectivity index (χ1n) is 6.98. The molecule has 1 aliphatic carbocycles. The molecule has 98 valence electrons. The highest BCUT2D eigenvalue weighted by Crippen LogP contribution is 2.31. The standard InChI is InChI=1S/C13H24N2O2/c16-13(14-8-6-11-4-5-11)15-9-7-12-3-1-2-10-17-12/h11-12H,1-10H2,(H2,14,15,16). The number of hydrogen-bond acceptors (Lipinski definition) is 2. The molecule has 4 nitrogen and oxygen atoms in total. The van der Waals surface area contributed by atoms with Gasteiger partial charge in [0.25, 0.3) is 0 Å². The number of hydrogen-bond donors (Lipinski definition) is 2. The minimum Gasteiger partial charge on any atom is -0.378 e. The molecule has 0 aromatic rings. The molecule has 4 heteroatoms. The van der Waals surface area contributed by atoms with E-state index in [4.69, 9.17) is 4.74 Å². The van der Waals surface area contributed by atoms with Crippen molar-refractivity contribution in [1.29, 1.82) is 0 Å². The Hall–Kier alpha value is -0.770. The Kier molecular flexibility index (Phi) is 5.10. The lowest BCUT2D eigenvalue weighted by Gasteiger charge is -2.22. The zero-order valence-electron chi connectivity index (χ0n) is 10.5. The number of ether oxygens (including phenoxy) is 1. The van der Waals surface area contributed by atoms with Crippen molar-refractivity contribution < 1.29 is 9.53 Å². The molecule has 1 saturated carbocycles. The maximum absolute atomic E-state index is 11.4. The van der Waals surface area contributed by atoms with Crippen LogP contribution in [0, 0.1) is 5.92 Å². The van der Waals surface area contributed by atoms with Crippen LogP contribution in [0.5, 0.6) is 0 Å². The van der Waals surface area contributed by atoms with E-state index in [0.29, 0.717) is 6.10 Å². The third kappa shape index (κ3) is 5.39. The SMILES string of the molecule is O=C(NCCC1CC1)NCCC1CCCCO1. The third-order valence-electron chi connectivity index (χ3n) is 3.56. The van der Waals surface area contributed by atoms with Crippen LogP contribution in [0.1, 0.15) is 44.9 Å². The second kappa shape index (κ2) is 6.84. The van der Waals surface area contributed by atoms with Gasteiger partial charge in [0.05, 0.1) is 6.10 Å². The molecule has 2 aliphatic rings. The average molecular weight is 240 g/mol. The van der Waals surface area contributed by atoms with Gasteiger partial charge in [0.15, 0.2) is 0 Å². The zero-order chi connectivity index (χ0) is 11.9. The van der Waals surface area contributed by atoms with E-state index in [1.165, 1.54) is 25.7 Å². The number of rotatable bonds is 6. The van der Waals surface area contributed by atoms with Crippen molar-refractivity contribution in [3.8, 4) is 0 Å². The summed E-state index contributed by atoms with van der Waals surface area (Å²) in [5, 5.41) is 5.79. The fourth-order valence-electron chi connectivity index (χ4n) is 2.24. The topological polar surface area (TPSA) is 50.4 Å². The lowest BCUT2D eigenvalue weighted by molar-refractivity contribution is 0.0120. The van der Waals surface area contributed by atoms with Gasteiger partial charge in [-0.05, 0) is 38.0 Å². The lowest BCUT2D eigenvalue weighted by atomic mass is 10.1. The molecule has 2 rings (SSSR count). The van der Waals surface area contributed by atoms with Crippen LogP contribution in [-0.4, -0.2) is 31.8 Å². The van der Waals surface area contributed by atoms with Gasteiger partial charge in [-0.3, -0.25) is 0 Å². The Morgan fingerprint density at radius 3 is 2.47 bits per heavy atom. The molecule has 2 N–H and O–H groups in total. The minimum absolute atomic E-state index is 0.0264. The van der Waals surface area contributed by atoms with Gasteiger partial charge in [-0.15, -0.1) is 0 Å². The number of nitrogens with one attached hydrogen (secondary N) is 2. The molecular weight excluding hydrogens is 216 g/mol. The molecular formula is C13H24N2O2. The quantitative estimate of drug-likeness (QED) is 0.746. The Balaban J connectivity index is 1.44. The largest absolute Gasteiger partial charge is 0.378 e. The number of amides is 2. The summed E-state index contributed by atoms with van der Waals surface area (Å²) in [7, 11) is 0. The van der Waals surface area contributed by atoms with Crippen molar-refractivity contribution in [3.05, 3.63) is 0 Å². The first-order chi connectivity index (χ1) is 8.34. The number of urea groups is 1. The van der Waals surface area contributed by atoms with Gasteiger partial charge < -0.3 is 15.4 Å². The Morgan fingerprint density at radius 1 is 1.06 bits per heavy atom. The molecule has 1 atom stereocenters. The first-order valence-corrected chi connectivity index (χ1v) is 6.98. The van der Waals surface area contributed by atoms with Gasteiger partial charge in [-0.2, -0.15) is 0 Å². The average Bonchev–Trinajstić information content (AvgIpc) is 3.14. The third-order valence-corrected chi connectivity index (χ3v) is 3.56. The van der Waals surface area contributed by atoms with E-state index < -0.39 is 0 Å². The predicted octanol–water partition coefficient (Wildman–Crippen LogP) is 2.04. The Morgan fingerprint density at radius 2 is 1.82 bits per heavy atom. The molecule has 1 aliphatic heterocycles. The summed E-state index contributed by atoms with van der Waals surface area (Å²) in [4.78, 5) is 11.4. The van der Waals surface area contributed by atoms with Gasteiger partial charge in [0.2, 0.25) is 0 Å². The molecule has 2 fully saturated rings. The maximum Gasteiger partial charge on any atom is 0.314 e. The smallest absolute Gasteiger partial charge is 0.314 e. The van der Waals surface area contributed by atoms with Gasteiger partial charge in [-0.25, -0.2) is 4.79 Å². The van der Waals surface area contributed by atoms with Crippen LogP contribution in [0.25, 0.3) is 0 Å². The van der Waals surface area contributed by atoms with E-state index in [-0.39, 0.29) is 6.03 Å². The number of carbonyl (C=O) groups excluding carboxylic acids is 1. The summed E-state index contributed by atoms with van der Waals surface area (Å²) in [5.41, 5.74) is 0. The normalized spacial score (nSPS) is 24.4. The van der Waals surface area contributed by atoms with E-state index >= 15 is 0 Å². The Bertz CT molecular complexity index is 236. The molecule has 0 bridgehead atoms. The van der Waals surface area contributed by atoms with Crippen LogP contribution in [0.3, 0.4) is 0 Å². The van der Waals surface area contributed by atoms with Crippen LogP contribution < -0.4 is 10.6 Å². The summed E-state index contributed by atoms with van der Waals surface area (Å²) >= 11 is 0. The Labute approximate surface area is 103 Å². The highest BCUT2D eigenvalue weighted by Gasteiger charge is 2.20. The molecule has 1 saturated heterocycles. The summed E-state index contributed by atoms with van der Waals surface area (Å²) in [6, 6.07) is -0.0264. The first kappa shape index (κ1) is 12.7. The van der Waals surface area contributed by atoms with Crippen LogP contribution in [0.4, 0.5) is 4.79 Å². The molecule has 2 amide bonds. The van der Waals surface area contributed by atoms with E-state index in [0.717, 1.165) is 44.9 Å². The molecule has 1 unspecified atom stereocenters. The lowest BCUT2D eigenvalue weighted by Crippen LogP contribution is -2.38. The van der Waals surface area contributed by atoms with Gasteiger partial charge >= 0.3 is 6.03 Å². The second-order valence-corrected chi connectivity index (χ2v) is 5.19. The van der Waals surface area contributed by atoms with Crippen LogP contribution in [-0.2, 0) is 4.74 Å². The summed E-state index contributed by atoms with van der Waals surface area (Å²) < 4.78 is 5.61. The molecule has 0 radical (unpaired) electrons. The minimum atomic E-state index is -0.0264. The number of carbonyl (C=O) groups is 1. The monoisotopic (exact) mass is 240 g/mol. The van der Waals surface area contributed by atoms with E-state index in [1.54, 1.807) is 0 Å². The van der Waals surface area contributed by atoms with E-state index in [2.05, 4.69) is 10.6 Å². The van der Waals surface area contributed by atoms with Crippen molar-refractivity contribution in [1.82, 2.24) is 10.6 Å². The summed E-state index contributed by atoms with van der Waals surface area (Å²) in [6.45, 7) is 2.43. The maximum atomic E-state index is 11.4. The molecule has 0 aromatic carbocycles. The van der Waals surface area contributed by atoms with Gasteiger partial charge in [0.1, 0.15) is 0 Å². The van der Waals surface area contributed by atoms with Gasteiger partial charge in [0, 0.05) is 19.7 Å². The molecule has 0 spiro atoms. The van der Waals surface area contributed by atoms with Crippen molar-refractivity contribution >= 4 is 6.03 Å². The molecule has 17 heavy (non-hydrogen) atoms. The molecule has 0 aromatic heterocycles. The highest BCUT2D eigenvalue weighted by molar-refractivity contribution is 5.73. The predicted molar refractivity (Wildman–Crippen MR) is 67.0 cm³/mol. The highest BCUT2D eigenvalue weighted by atomic mass is 16.5. The summed E-state index contributed by atoms with van der Waals surface area (Å²) in [5.74, 6) is 0.880. The second-order valence-electron chi connectivity index (χ2n) is 5.19. The zero-order valence-corrected chi connectivity index (χ0v) is 10.5. The van der Waals surface area contributed by atoms with Crippen molar-refractivity contribution in [2.45, 2.75) is 51.0 Å². The van der Waals surface area contributed by atoms with Crippen LogP contribution >= 0.6 is 0 Å². The summed E-state index contributed by atoms with van der Waals surface area (Å²) in [6.07, 6.45) is 8.73. The van der Waals surface area contributed by atoms with Gasteiger partial charge in [-0.1, -0.05) is 12.8 Å². The fourth-order valence-corrected chi connectivity index (χ4v) is 2.24.